The summed E-state index contributed by atoms with van der Waals surface area (Å²) in [5.74, 6) is 0.499. The number of fused-ring (bicyclic) bond motifs is 1. The van der Waals surface area contributed by atoms with Gasteiger partial charge in [0.25, 0.3) is 5.56 Å². The van der Waals surface area contributed by atoms with Crippen molar-refractivity contribution >= 4 is 34.2 Å². The van der Waals surface area contributed by atoms with Crippen LogP contribution in [-0.4, -0.2) is 21.9 Å². The number of aryl methyl sites for hydroxylation is 1. The average molecular weight is 470 g/mol. The first kappa shape index (κ1) is 23.7. The van der Waals surface area contributed by atoms with Crippen molar-refractivity contribution in [2.24, 2.45) is 0 Å². The fourth-order valence-electron chi connectivity index (χ4n) is 3.74. The number of carbonyl (C=O) groups excluding carboxylic acids is 2. The van der Waals surface area contributed by atoms with Gasteiger partial charge in [-0.05, 0) is 55.3 Å². The molecule has 1 atom stereocenters. The second-order valence-electron chi connectivity index (χ2n) is 8.24. The molecule has 0 aliphatic heterocycles. The third-order valence-corrected chi connectivity index (χ3v) is 5.56. The van der Waals surface area contributed by atoms with Gasteiger partial charge in [-0.3, -0.25) is 9.59 Å². The summed E-state index contributed by atoms with van der Waals surface area (Å²) in [5, 5.41) is 9.09. The molecule has 1 heterocycles. The Morgan fingerprint density at radius 1 is 0.886 bits per heavy atom. The number of aromatic amines is 1. The summed E-state index contributed by atoms with van der Waals surface area (Å²) in [5.41, 5.74) is 2.77. The van der Waals surface area contributed by atoms with Crippen LogP contribution >= 0.6 is 0 Å². The Labute approximate surface area is 202 Å². The molecule has 0 saturated carbocycles. The first-order valence-corrected chi connectivity index (χ1v) is 11.5. The molecule has 0 radical (unpaired) electrons. The zero-order chi connectivity index (χ0) is 24.6. The summed E-state index contributed by atoms with van der Waals surface area (Å²) in [4.78, 5) is 44.0. The van der Waals surface area contributed by atoms with Crippen LogP contribution < -0.4 is 21.5 Å². The monoisotopic (exact) mass is 469 g/mol. The van der Waals surface area contributed by atoms with Gasteiger partial charge in [0.1, 0.15) is 5.82 Å². The Bertz CT molecular complexity index is 1370. The first-order chi connectivity index (χ1) is 17.0. The highest BCUT2D eigenvalue weighted by atomic mass is 16.2. The van der Waals surface area contributed by atoms with Crippen molar-refractivity contribution in [1.82, 2.24) is 15.3 Å². The average Bonchev–Trinajstić information content (AvgIpc) is 2.85. The van der Waals surface area contributed by atoms with E-state index in [1.54, 1.807) is 30.3 Å². The number of urea groups is 1. The first-order valence-electron chi connectivity index (χ1n) is 11.5. The molecule has 4 rings (SSSR count). The van der Waals surface area contributed by atoms with Crippen LogP contribution in [0.5, 0.6) is 0 Å². The Morgan fingerprint density at radius 3 is 2.29 bits per heavy atom. The molecule has 35 heavy (non-hydrogen) atoms. The number of rotatable bonds is 8. The highest BCUT2D eigenvalue weighted by Crippen LogP contribution is 2.17. The van der Waals surface area contributed by atoms with Crippen molar-refractivity contribution in [1.29, 1.82) is 0 Å². The van der Waals surface area contributed by atoms with Crippen LogP contribution in [0.3, 0.4) is 0 Å². The van der Waals surface area contributed by atoms with Crippen molar-refractivity contribution in [3.63, 3.8) is 0 Å². The largest absolute Gasteiger partial charge is 0.350 e. The number of aromatic nitrogens is 2. The number of benzene rings is 3. The molecule has 3 amide bonds. The highest BCUT2D eigenvalue weighted by molar-refractivity contribution is 5.99. The predicted molar refractivity (Wildman–Crippen MR) is 137 cm³/mol. The molecule has 0 saturated heterocycles. The zero-order valence-electron chi connectivity index (χ0n) is 19.4. The molecule has 0 bridgehead atoms. The molecular weight excluding hydrogens is 442 g/mol. The van der Waals surface area contributed by atoms with E-state index in [-0.39, 0.29) is 23.5 Å². The molecular formula is C27H27N5O3. The van der Waals surface area contributed by atoms with Gasteiger partial charge in [-0.2, -0.15) is 0 Å². The minimum Gasteiger partial charge on any atom is -0.350 e. The van der Waals surface area contributed by atoms with Crippen LogP contribution in [-0.2, 0) is 11.2 Å². The van der Waals surface area contributed by atoms with Crippen molar-refractivity contribution in [2.45, 2.75) is 32.2 Å². The molecule has 4 N–H and O–H groups in total. The van der Waals surface area contributed by atoms with Crippen LogP contribution in [0.1, 0.15) is 37.2 Å². The van der Waals surface area contributed by atoms with E-state index in [0.29, 0.717) is 47.4 Å². The van der Waals surface area contributed by atoms with Gasteiger partial charge in [-0.15, -0.1) is 0 Å². The van der Waals surface area contributed by atoms with Gasteiger partial charge in [-0.1, -0.05) is 42.5 Å². The third-order valence-electron chi connectivity index (χ3n) is 5.56. The quantitative estimate of drug-likeness (QED) is 0.297. The molecule has 0 fully saturated rings. The lowest BCUT2D eigenvalue weighted by Crippen LogP contribution is -2.26. The molecule has 1 unspecified atom stereocenters. The van der Waals surface area contributed by atoms with Gasteiger partial charge in [0, 0.05) is 24.2 Å². The third kappa shape index (κ3) is 6.54. The van der Waals surface area contributed by atoms with Crippen molar-refractivity contribution in [3.05, 3.63) is 101 Å². The van der Waals surface area contributed by atoms with Crippen LogP contribution in [0.25, 0.3) is 10.9 Å². The predicted octanol–water partition coefficient (Wildman–Crippen LogP) is 4.77. The molecule has 0 aliphatic carbocycles. The van der Waals surface area contributed by atoms with Crippen molar-refractivity contribution in [3.8, 4) is 0 Å². The van der Waals surface area contributed by atoms with Crippen molar-refractivity contribution < 1.29 is 9.59 Å². The summed E-state index contributed by atoms with van der Waals surface area (Å²) in [7, 11) is 0. The lowest BCUT2D eigenvalue weighted by atomic mass is 10.1. The summed E-state index contributed by atoms with van der Waals surface area (Å²) in [6, 6.07) is 23.2. The summed E-state index contributed by atoms with van der Waals surface area (Å²) in [6.07, 6.45) is 1.40. The van der Waals surface area contributed by atoms with E-state index in [4.69, 9.17) is 0 Å². The Hall–Kier alpha value is -4.46. The number of hydrogen-bond acceptors (Lipinski definition) is 4. The molecule has 178 valence electrons. The molecule has 0 spiro atoms. The standard InChI is InChI=1S/C27H27N5O3/c1-18(19-14-16-21(17-15-19)30-27(35)29-20-8-3-2-4-9-20)28-25(33)13-7-12-24-31-23-11-6-5-10-22(23)26(34)32-24/h2-6,8-11,14-18H,7,12-13H2,1H3,(H,28,33)(H2,29,30,35)(H,31,32,34). The number of anilines is 2. The van der Waals surface area contributed by atoms with Crippen LogP contribution in [0.15, 0.2) is 83.7 Å². The summed E-state index contributed by atoms with van der Waals surface area (Å²) < 4.78 is 0. The van der Waals surface area contributed by atoms with Gasteiger partial charge in [0.05, 0.1) is 16.9 Å². The number of carbonyl (C=O) groups is 2. The van der Waals surface area contributed by atoms with Gasteiger partial charge >= 0.3 is 6.03 Å². The summed E-state index contributed by atoms with van der Waals surface area (Å²) >= 11 is 0. The number of nitrogens with zero attached hydrogens (tertiary/aromatic N) is 1. The molecule has 0 aliphatic rings. The molecule has 3 aromatic carbocycles. The van der Waals surface area contributed by atoms with Crippen molar-refractivity contribution in [2.75, 3.05) is 10.6 Å². The molecule has 1 aromatic heterocycles. The maximum atomic E-state index is 12.4. The van der Waals surface area contributed by atoms with E-state index < -0.39 is 0 Å². The topological polar surface area (TPSA) is 116 Å². The fourth-order valence-corrected chi connectivity index (χ4v) is 3.74. The molecule has 4 aromatic rings. The normalized spacial score (nSPS) is 11.6. The Kier molecular flexibility index (Phi) is 7.52. The number of amides is 3. The van der Waals surface area contributed by atoms with E-state index in [0.717, 1.165) is 5.56 Å². The van der Waals surface area contributed by atoms with E-state index in [1.165, 1.54) is 0 Å². The van der Waals surface area contributed by atoms with Crippen LogP contribution in [0.4, 0.5) is 16.2 Å². The lowest BCUT2D eigenvalue weighted by molar-refractivity contribution is -0.121. The number of hydrogen-bond donors (Lipinski definition) is 4. The van der Waals surface area contributed by atoms with E-state index in [1.807, 2.05) is 55.5 Å². The smallest absolute Gasteiger partial charge is 0.323 e. The maximum absolute atomic E-state index is 12.4. The Balaban J connectivity index is 1.24. The summed E-state index contributed by atoms with van der Waals surface area (Å²) in [6.45, 7) is 1.91. The van der Waals surface area contributed by atoms with Gasteiger partial charge in [0.15, 0.2) is 0 Å². The van der Waals surface area contributed by atoms with Gasteiger partial charge in [0.2, 0.25) is 5.91 Å². The zero-order valence-corrected chi connectivity index (χ0v) is 19.4. The van der Waals surface area contributed by atoms with E-state index in [9.17, 15) is 14.4 Å². The highest BCUT2D eigenvalue weighted by Gasteiger charge is 2.11. The minimum atomic E-state index is -0.326. The van der Waals surface area contributed by atoms with E-state index in [2.05, 4.69) is 25.9 Å². The fraction of sp³-hybridized carbons (Fsp3) is 0.185. The second-order valence-corrected chi connectivity index (χ2v) is 8.24. The van der Waals surface area contributed by atoms with Crippen LogP contribution in [0.2, 0.25) is 0 Å². The Morgan fingerprint density at radius 2 is 1.54 bits per heavy atom. The van der Waals surface area contributed by atoms with Gasteiger partial charge < -0.3 is 20.9 Å². The number of nitrogens with one attached hydrogen (secondary N) is 4. The SMILES string of the molecule is CC(NC(=O)CCCc1nc2ccccc2c(=O)[nH]1)c1ccc(NC(=O)Nc2ccccc2)cc1. The van der Waals surface area contributed by atoms with Crippen LogP contribution in [0, 0.1) is 0 Å². The minimum absolute atomic E-state index is 0.0786. The maximum Gasteiger partial charge on any atom is 0.323 e. The lowest BCUT2D eigenvalue weighted by Gasteiger charge is -2.15. The second kappa shape index (κ2) is 11.1. The van der Waals surface area contributed by atoms with Gasteiger partial charge in [-0.25, -0.2) is 9.78 Å². The number of H-pyrrole nitrogens is 1. The van der Waals surface area contributed by atoms with E-state index >= 15 is 0 Å². The number of para-hydroxylation sites is 2. The molecule has 8 heteroatoms. The molecule has 8 nitrogen and oxygen atoms in total.